The Balaban J connectivity index is 1.21. The Hall–Kier alpha value is -3.61. The van der Waals surface area contributed by atoms with E-state index in [1.165, 1.54) is 33.3 Å². The molecule has 0 spiro atoms. The van der Waals surface area contributed by atoms with Crippen molar-refractivity contribution < 1.29 is 9.47 Å². The molecule has 1 aromatic heterocycles. The quantitative estimate of drug-likeness (QED) is 0.366. The van der Waals surface area contributed by atoms with Crippen LogP contribution in [0.2, 0.25) is 0 Å². The number of hydrogen-bond acceptors (Lipinski definition) is 6. The van der Waals surface area contributed by atoms with E-state index in [2.05, 4.69) is 70.2 Å². The van der Waals surface area contributed by atoms with Gasteiger partial charge in [-0.25, -0.2) is 0 Å². The van der Waals surface area contributed by atoms with Crippen molar-refractivity contribution in [1.29, 1.82) is 0 Å². The van der Waals surface area contributed by atoms with E-state index in [9.17, 15) is 0 Å². The molecule has 1 fully saturated rings. The Morgan fingerprint density at radius 1 is 0.865 bits per heavy atom. The van der Waals surface area contributed by atoms with E-state index in [-0.39, 0.29) is 0 Å². The van der Waals surface area contributed by atoms with Crippen molar-refractivity contribution in [3.05, 3.63) is 95.2 Å². The summed E-state index contributed by atoms with van der Waals surface area (Å²) >= 11 is 0. The van der Waals surface area contributed by atoms with Crippen molar-refractivity contribution >= 4 is 16.6 Å². The molecular formula is C31H34N4O2. The number of rotatable bonds is 6. The van der Waals surface area contributed by atoms with Crippen molar-refractivity contribution in [3.63, 3.8) is 0 Å². The monoisotopic (exact) mass is 494 g/mol. The summed E-state index contributed by atoms with van der Waals surface area (Å²) in [6, 6.07) is 23.5. The van der Waals surface area contributed by atoms with Crippen molar-refractivity contribution in [1.82, 2.24) is 14.8 Å². The maximum Gasteiger partial charge on any atom is 0.152 e. The predicted octanol–water partition coefficient (Wildman–Crippen LogP) is 5.23. The van der Waals surface area contributed by atoms with E-state index >= 15 is 0 Å². The highest BCUT2D eigenvalue weighted by Gasteiger charge is 2.25. The SMILES string of the molecule is COc1ccccc1N1CCN(Cc2cc3c(c4ncccc24)OCN(Cc2ccccc2C)C3)CC1. The molecule has 1 saturated heterocycles. The van der Waals surface area contributed by atoms with Crippen LogP contribution in [0.25, 0.3) is 10.9 Å². The Bertz CT molecular complexity index is 1400. The first-order chi connectivity index (χ1) is 18.2. The Kier molecular flexibility index (Phi) is 6.68. The summed E-state index contributed by atoms with van der Waals surface area (Å²) in [6.07, 6.45) is 1.88. The molecular weight excluding hydrogens is 460 g/mol. The van der Waals surface area contributed by atoms with Crippen molar-refractivity contribution in [2.45, 2.75) is 26.6 Å². The predicted molar refractivity (Wildman–Crippen MR) is 148 cm³/mol. The van der Waals surface area contributed by atoms with Crippen LogP contribution in [0.4, 0.5) is 5.69 Å². The van der Waals surface area contributed by atoms with Crippen LogP contribution in [0.15, 0.2) is 72.9 Å². The molecule has 2 aliphatic rings. The lowest BCUT2D eigenvalue weighted by atomic mass is 10.0. The molecule has 0 radical (unpaired) electrons. The second-order valence-electron chi connectivity index (χ2n) is 10.0. The van der Waals surface area contributed by atoms with Gasteiger partial charge in [0, 0.05) is 63.0 Å². The number of pyridine rings is 1. The van der Waals surface area contributed by atoms with E-state index in [4.69, 9.17) is 14.5 Å². The number of methoxy groups -OCH3 is 1. The molecule has 0 atom stereocenters. The minimum atomic E-state index is 0.581. The topological polar surface area (TPSA) is 41.1 Å². The second-order valence-corrected chi connectivity index (χ2v) is 10.0. The van der Waals surface area contributed by atoms with Gasteiger partial charge >= 0.3 is 0 Å². The first-order valence-corrected chi connectivity index (χ1v) is 13.1. The lowest BCUT2D eigenvalue weighted by Gasteiger charge is -2.37. The molecule has 0 unspecified atom stereocenters. The van der Waals surface area contributed by atoms with Crippen LogP contribution in [-0.2, 0) is 19.6 Å². The van der Waals surface area contributed by atoms with E-state index in [1.807, 2.05) is 24.4 Å². The average molecular weight is 495 g/mol. The fourth-order valence-electron chi connectivity index (χ4n) is 5.61. The molecule has 6 heteroatoms. The van der Waals surface area contributed by atoms with Crippen LogP contribution in [0.3, 0.4) is 0 Å². The van der Waals surface area contributed by atoms with E-state index in [1.54, 1.807) is 7.11 Å². The third-order valence-electron chi connectivity index (χ3n) is 7.64. The zero-order valence-electron chi connectivity index (χ0n) is 21.7. The van der Waals surface area contributed by atoms with Gasteiger partial charge in [-0.3, -0.25) is 14.8 Å². The van der Waals surface area contributed by atoms with Crippen molar-refractivity contribution in [3.8, 4) is 11.5 Å². The van der Waals surface area contributed by atoms with Crippen molar-refractivity contribution in [2.24, 2.45) is 0 Å². The summed E-state index contributed by atoms with van der Waals surface area (Å²) in [6.45, 7) is 9.39. The van der Waals surface area contributed by atoms with Gasteiger partial charge in [0.1, 0.15) is 18.0 Å². The lowest BCUT2D eigenvalue weighted by molar-refractivity contribution is 0.0899. The van der Waals surface area contributed by atoms with Crippen LogP contribution >= 0.6 is 0 Å². The molecule has 3 heterocycles. The summed E-state index contributed by atoms with van der Waals surface area (Å²) in [4.78, 5) is 12.1. The second kappa shape index (κ2) is 10.4. The third kappa shape index (κ3) is 4.87. The summed E-state index contributed by atoms with van der Waals surface area (Å²) in [7, 11) is 1.75. The molecule has 4 aromatic rings. The molecule has 0 bridgehead atoms. The van der Waals surface area contributed by atoms with Crippen molar-refractivity contribution in [2.75, 3.05) is 44.9 Å². The number of benzene rings is 3. The first kappa shape index (κ1) is 23.8. The number of hydrogen-bond donors (Lipinski definition) is 0. The summed E-state index contributed by atoms with van der Waals surface area (Å²) in [5.74, 6) is 1.89. The van der Waals surface area contributed by atoms with Gasteiger partial charge in [0.25, 0.3) is 0 Å². The number of ether oxygens (including phenoxy) is 2. The first-order valence-electron chi connectivity index (χ1n) is 13.1. The van der Waals surface area contributed by atoms with Gasteiger partial charge < -0.3 is 14.4 Å². The Labute approximate surface area is 219 Å². The van der Waals surface area contributed by atoms with Crippen LogP contribution in [0.5, 0.6) is 11.5 Å². The summed E-state index contributed by atoms with van der Waals surface area (Å²) in [5.41, 5.74) is 7.39. The fourth-order valence-corrected chi connectivity index (χ4v) is 5.61. The molecule has 6 rings (SSSR count). The molecule has 0 saturated carbocycles. The highest BCUT2D eigenvalue weighted by molar-refractivity contribution is 5.89. The standard InChI is InChI=1S/C31H34N4O2/c1-23-8-3-4-9-24(23)19-34-21-26-18-25(27-10-7-13-32-30(27)31(26)37-22-34)20-33-14-16-35(17-15-33)28-11-5-6-12-29(28)36-2/h3-13,18H,14-17,19-22H2,1-2H3. The number of para-hydroxylation sites is 2. The number of piperazine rings is 1. The number of aryl methyl sites for hydroxylation is 1. The zero-order valence-corrected chi connectivity index (χ0v) is 21.7. The number of nitrogens with zero attached hydrogens (tertiary/aromatic N) is 4. The molecule has 0 aliphatic carbocycles. The molecule has 3 aromatic carbocycles. The van der Waals surface area contributed by atoms with E-state index in [0.717, 1.165) is 62.8 Å². The number of aromatic nitrogens is 1. The molecule has 37 heavy (non-hydrogen) atoms. The molecule has 190 valence electrons. The molecule has 0 amide bonds. The minimum absolute atomic E-state index is 0.581. The maximum atomic E-state index is 6.32. The van der Waals surface area contributed by atoms with E-state index in [0.29, 0.717) is 6.73 Å². The smallest absolute Gasteiger partial charge is 0.152 e. The summed E-state index contributed by atoms with van der Waals surface area (Å²) in [5, 5.41) is 1.20. The largest absolute Gasteiger partial charge is 0.495 e. The fraction of sp³-hybridized carbons (Fsp3) is 0.323. The van der Waals surface area contributed by atoms with Gasteiger partial charge in [-0.05, 0) is 47.9 Å². The highest BCUT2D eigenvalue weighted by Crippen LogP contribution is 2.36. The van der Waals surface area contributed by atoms with Crippen LogP contribution in [-0.4, -0.2) is 54.8 Å². The van der Waals surface area contributed by atoms with Crippen LogP contribution in [0, 0.1) is 6.92 Å². The van der Waals surface area contributed by atoms with Gasteiger partial charge in [0.2, 0.25) is 0 Å². The molecule has 6 nitrogen and oxygen atoms in total. The lowest BCUT2D eigenvalue weighted by Crippen LogP contribution is -2.46. The van der Waals surface area contributed by atoms with E-state index < -0.39 is 0 Å². The van der Waals surface area contributed by atoms with Gasteiger partial charge in [-0.2, -0.15) is 0 Å². The van der Waals surface area contributed by atoms with Gasteiger partial charge in [-0.15, -0.1) is 0 Å². The Morgan fingerprint density at radius 3 is 2.49 bits per heavy atom. The number of anilines is 1. The normalized spacial score (nSPS) is 16.4. The van der Waals surface area contributed by atoms with Crippen LogP contribution < -0.4 is 14.4 Å². The molecule has 2 aliphatic heterocycles. The van der Waals surface area contributed by atoms with Gasteiger partial charge in [-0.1, -0.05) is 42.5 Å². The van der Waals surface area contributed by atoms with Gasteiger partial charge in [0.05, 0.1) is 12.8 Å². The average Bonchev–Trinajstić information content (AvgIpc) is 2.95. The zero-order chi connectivity index (χ0) is 25.2. The van der Waals surface area contributed by atoms with Gasteiger partial charge in [0.15, 0.2) is 5.75 Å². The Morgan fingerprint density at radius 2 is 1.65 bits per heavy atom. The highest BCUT2D eigenvalue weighted by atomic mass is 16.5. The van der Waals surface area contributed by atoms with Crippen LogP contribution in [0.1, 0.15) is 22.3 Å². The molecule has 0 N–H and O–H groups in total. The number of fused-ring (bicyclic) bond motifs is 3. The minimum Gasteiger partial charge on any atom is -0.495 e. The maximum absolute atomic E-state index is 6.32. The summed E-state index contributed by atoms with van der Waals surface area (Å²) < 4.78 is 11.9. The third-order valence-corrected chi connectivity index (χ3v) is 7.64.